The Morgan fingerprint density at radius 1 is 1.25 bits per heavy atom. The van der Waals surface area contributed by atoms with Gasteiger partial charge in [-0.15, -0.1) is 0 Å². The third-order valence-electron chi connectivity index (χ3n) is 6.81. The molecule has 0 unspecified atom stereocenters. The maximum Gasteiger partial charge on any atom is 0.337 e. The number of hydrogen-bond donors (Lipinski definition) is 3. The van der Waals surface area contributed by atoms with E-state index in [9.17, 15) is 14.7 Å². The first-order chi connectivity index (χ1) is 17.0. The Morgan fingerprint density at radius 3 is 2.64 bits per heavy atom. The van der Waals surface area contributed by atoms with Crippen LogP contribution in [0.5, 0.6) is 5.75 Å². The van der Waals surface area contributed by atoms with Crippen molar-refractivity contribution in [3.05, 3.63) is 40.7 Å². The van der Waals surface area contributed by atoms with Crippen LogP contribution in [0.15, 0.2) is 18.2 Å². The van der Waals surface area contributed by atoms with E-state index in [0.29, 0.717) is 53.7 Å². The minimum Gasteiger partial charge on any atom is -0.490 e. The van der Waals surface area contributed by atoms with Crippen LogP contribution < -0.4 is 15.4 Å². The lowest BCUT2D eigenvalue weighted by molar-refractivity contribution is -0.160. The van der Waals surface area contributed by atoms with Crippen LogP contribution in [0.25, 0.3) is 11.1 Å². The molecule has 8 heteroatoms. The number of nitrogens with zero attached hydrogens (tertiary/aromatic N) is 1. The van der Waals surface area contributed by atoms with Gasteiger partial charge in [-0.1, -0.05) is 18.9 Å². The first-order valence-electron chi connectivity index (χ1n) is 12.8. The number of carbonyl (C=O) groups is 2. The molecular weight excluding hydrogens is 458 g/mol. The van der Waals surface area contributed by atoms with Gasteiger partial charge >= 0.3 is 5.97 Å². The molecule has 1 aliphatic heterocycles. The molecule has 1 fully saturated rings. The van der Waals surface area contributed by atoms with Crippen LogP contribution in [0.3, 0.4) is 0 Å². The van der Waals surface area contributed by atoms with E-state index in [1.807, 2.05) is 45.9 Å². The Hall–Kier alpha value is -3.13. The largest absolute Gasteiger partial charge is 0.490 e. The number of amides is 1. The second-order valence-electron chi connectivity index (χ2n) is 10.8. The molecule has 2 heterocycles. The summed E-state index contributed by atoms with van der Waals surface area (Å²) in [5.41, 5.74) is 3.40. The Bertz CT molecular complexity index is 1150. The fraction of sp³-hybridized carbons (Fsp3) is 0.536. The second-order valence-corrected chi connectivity index (χ2v) is 10.8. The van der Waals surface area contributed by atoms with E-state index in [2.05, 4.69) is 15.6 Å². The van der Waals surface area contributed by atoms with Crippen molar-refractivity contribution < 1.29 is 24.2 Å². The number of rotatable bonds is 7. The molecule has 4 rings (SSSR count). The third-order valence-corrected chi connectivity index (χ3v) is 6.81. The lowest BCUT2D eigenvalue weighted by atomic mass is 9.89. The second kappa shape index (κ2) is 10.5. The quantitative estimate of drug-likeness (QED) is 0.494. The number of anilines is 1. The van der Waals surface area contributed by atoms with Crippen LogP contribution in [0.4, 0.5) is 5.69 Å². The predicted octanol–water partition coefficient (Wildman–Crippen LogP) is 5.03. The van der Waals surface area contributed by atoms with Crippen LogP contribution in [-0.4, -0.2) is 47.3 Å². The molecule has 8 nitrogen and oxygen atoms in total. The molecule has 1 aromatic heterocycles. The number of carboxylic acid groups (broad SMARTS) is 1. The Balaban J connectivity index is 1.83. The summed E-state index contributed by atoms with van der Waals surface area (Å²) in [6.45, 7) is 10.9. The highest BCUT2D eigenvalue weighted by Gasteiger charge is 2.34. The molecule has 1 atom stereocenters. The van der Waals surface area contributed by atoms with Crippen molar-refractivity contribution in [1.82, 2.24) is 10.3 Å². The summed E-state index contributed by atoms with van der Waals surface area (Å²) in [6.07, 6.45) is 3.42. The maximum absolute atomic E-state index is 13.3. The number of carbonyl (C=O) groups excluding carboxylic acids is 1. The number of pyridine rings is 1. The van der Waals surface area contributed by atoms with Gasteiger partial charge in [0.1, 0.15) is 18.1 Å². The van der Waals surface area contributed by atoms with Crippen LogP contribution in [0, 0.1) is 19.8 Å². The number of carboxylic acids is 1. The Kier molecular flexibility index (Phi) is 7.54. The number of aliphatic carboxylic acids is 1. The predicted molar refractivity (Wildman–Crippen MR) is 139 cm³/mol. The number of hydrogen-bond acceptors (Lipinski definition) is 6. The minimum atomic E-state index is -1.25. The fourth-order valence-corrected chi connectivity index (χ4v) is 5.14. The van der Waals surface area contributed by atoms with Crippen molar-refractivity contribution in [2.75, 3.05) is 25.0 Å². The lowest BCUT2D eigenvalue weighted by Gasteiger charge is -2.29. The summed E-state index contributed by atoms with van der Waals surface area (Å²) in [4.78, 5) is 30.4. The van der Waals surface area contributed by atoms with Gasteiger partial charge in [-0.25, -0.2) is 9.78 Å². The van der Waals surface area contributed by atoms with Crippen LogP contribution >= 0.6 is 0 Å². The summed E-state index contributed by atoms with van der Waals surface area (Å²) in [7, 11) is 0. The maximum atomic E-state index is 13.3. The smallest absolute Gasteiger partial charge is 0.337 e. The normalized spacial score (nSPS) is 16.6. The zero-order valence-electron chi connectivity index (χ0n) is 21.9. The van der Waals surface area contributed by atoms with Gasteiger partial charge in [-0.2, -0.15) is 0 Å². The van der Waals surface area contributed by atoms with Crippen LogP contribution in [0.2, 0.25) is 0 Å². The highest BCUT2D eigenvalue weighted by Crippen LogP contribution is 2.41. The first-order valence-corrected chi connectivity index (χ1v) is 12.8. The van der Waals surface area contributed by atoms with E-state index in [1.54, 1.807) is 6.92 Å². The Morgan fingerprint density at radius 2 is 1.97 bits per heavy atom. The molecule has 0 saturated heterocycles. The van der Waals surface area contributed by atoms with Crippen molar-refractivity contribution in [3.8, 4) is 16.9 Å². The zero-order chi connectivity index (χ0) is 26.0. The molecule has 36 heavy (non-hydrogen) atoms. The summed E-state index contributed by atoms with van der Waals surface area (Å²) in [6, 6.07) is 5.71. The van der Waals surface area contributed by atoms with Crippen molar-refractivity contribution in [2.24, 2.45) is 5.92 Å². The highest BCUT2D eigenvalue weighted by molar-refractivity contribution is 5.97. The number of aryl methyl sites for hydroxylation is 1. The van der Waals surface area contributed by atoms with Gasteiger partial charge in [0.25, 0.3) is 5.91 Å². The van der Waals surface area contributed by atoms with Gasteiger partial charge in [0.2, 0.25) is 0 Å². The monoisotopic (exact) mass is 495 g/mol. The summed E-state index contributed by atoms with van der Waals surface area (Å²) in [5.74, 6) is -0.103. The number of fused-ring (bicyclic) bond motifs is 1. The number of aromatic nitrogens is 1. The van der Waals surface area contributed by atoms with Gasteiger partial charge in [0, 0.05) is 24.3 Å². The first kappa shape index (κ1) is 25.9. The van der Waals surface area contributed by atoms with E-state index >= 15 is 0 Å². The molecule has 0 spiro atoms. The van der Waals surface area contributed by atoms with Gasteiger partial charge in [-0.05, 0) is 82.2 Å². The van der Waals surface area contributed by atoms with Crippen LogP contribution in [-0.2, 0) is 9.53 Å². The van der Waals surface area contributed by atoms with Crippen molar-refractivity contribution in [2.45, 2.75) is 72.0 Å². The number of benzene rings is 1. The van der Waals surface area contributed by atoms with E-state index in [-0.39, 0.29) is 5.91 Å². The minimum absolute atomic E-state index is 0.238. The molecule has 2 aliphatic rings. The van der Waals surface area contributed by atoms with Crippen molar-refractivity contribution in [3.63, 3.8) is 0 Å². The SMILES string of the molecule is Cc1nc(C(=O)NCC2CCCC2)c(C)c(-c2ccc3c(c2)NCCO3)c1[C@H](OC(C)(C)C)C(=O)O. The van der Waals surface area contributed by atoms with Gasteiger partial charge in [0.15, 0.2) is 6.10 Å². The van der Waals surface area contributed by atoms with Crippen molar-refractivity contribution in [1.29, 1.82) is 0 Å². The van der Waals surface area contributed by atoms with E-state index in [0.717, 1.165) is 29.8 Å². The highest BCUT2D eigenvalue weighted by atomic mass is 16.5. The molecule has 194 valence electrons. The third kappa shape index (κ3) is 5.64. The topological polar surface area (TPSA) is 110 Å². The standard InChI is InChI=1S/C28H37N3O5/c1-16-22(19-10-11-21-20(14-19)29-12-13-35-21)23(25(27(33)34)36-28(3,4)5)17(2)31-24(16)26(32)30-15-18-8-6-7-9-18/h10-11,14,18,25,29H,6-9,12-13,15H2,1-5H3,(H,30,32)(H,33,34)/t25-/m0/s1. The molecule has 0 radical (unpaired) electrons. The summed E-state index contributed by atoms with van der Waals surface area (Å²) < 4.78 is 11.8. The van der Waals surface area contributed by atoms with Crippen molar-refractivity contribution >= 4 is 17.6 Å². The molecule has 2 aromatic rings. The zero-order valence-corrected chi connectivity index (χ0v) is 21.9. The average molecular weight is 496 g/mol. The molecule has 1 amide bonds. The summed E-state index contributed by atoms with van der Waals surface area (Å²) >= 11 is 0. The summed E-state index contributed by atoms with van der Waals surface area (Å²) in [5, 5.41) is 16.6. The number of ether oxygens (including phenoxy) is 2. The van der Waals surface area contributed by atoms with E-state index in [4.69, 9.17) is 9.47 Å². The van der Waals surface area contributed by atoms with E-state index in [1.165, 1.54) is 12.8 Å². The van der Waals surface area contributed by atoms with Crippen LogP contribution in [0.1, 0.15) is 79.9 Å². The van der Waals surface area contributed by atoms with E-state index < -0.39 is 17.7 Å². The fourth-order valence-electron chi connectivity index (χ4n) is 5.14. The molecule has 1 aromatic carbocycles. The number of nitrogens with one attached hydrogen (secondary N) is 2. The lowest BCUT2D eigenvalue weighted by Crippen LogP contribution is -2.31. The molecular formula is C28H37N3O5. The average Bonchev–Trinajstić information content (AvgIpc) is 3.35. The Labute approximate surface area is 212 Å². The van der Waals surface area contributed by atoms with Gasteiger partial charge < -0.3 is 25.2 Å². The molecule has 0 bridgehead atoms. The molecule has 1 saturated carbocycles. The van der Waals surface area contributed by atoms with Gasteiger partial charge in [0.05, 0.1) is 11.3 Å². The molecule has 3 N–H and O–H groups in total. The molecule has 1 aliphatic carbocycles. The van der Waals surface area contributed by atoms with Gasteiger partial charge in [-0.3, -0.25) is 4.79 Å².